The fourth-order valence-electron chi connectivity index (χ4n) is 4.85. The standard InChI is InChI=1S/C30H28Cl2N2O4/c1-35-25-10-8-17(13-27(25)37-3)12-18-6-5-7-20-29(18)33-23-15-21(31)22(32)16-24(23)34-30(20)19-9-11-26(36-2)28(14-19)38-4/h8-16,34H,5-7H2,1-4H3/b18-12+. The summed E-state index contributed by atoms with van der Waals surface area (Å²) in [5.41, 5.74) is 7.56. The molecule has 0 spiro atoms. The van der Waals surface area contributed by atoms with Crippen LogP contribution in [0.3, 0.4) is 0 Å². The SMILES string of the molecule is COc1ccc(/C=C2\CCCC3=C(c4ccc(OC)c(OC)c4)Nc4cc(Cl)c(Cl)cc4N=C32)cc1OC. The third-order valence-corrected chi connectivity index (χ3v) is 7.44. The molecule has 0 amide bonds. The lowest BCUT2D eigenvalue weighted by Crippen LogP contribution is -2.16. The van der Waals surface area contributed by atoms with Gasteiger partial charge in [-0.2, -0.15) is 0 Å². The molecule has 0 radical (unpaired) electrons. The van der Waals surface area contributed by atoms with Crippen LogP contribution in [0.5, 0.6) is 23.0 Å². The van der Waals surface area contributed by atoms with Gasteiger partial charge in [0.15, 0.2) is 23.0 Å². The second-order valence-corrected chi connectivity index (χ2v) is 9.74. The van der Waals surface area contributed by atoms with Gasteiger partial charge in [-0.25, -0.2) is 4.99 Å². The van der Waals surface area contributed by atoms with Crippen molar-refractivity contribution in [1.29, 1.82) is 0 Å². The maximum atomic E-state index is 6.42. The minimum absolute atomic E-state index is 0.453. The molecule has 0 atom stereocenters. The summed E-state index contributed by atoms with van der Waals surface area (Å²) in [7, 11) is 6.53. The lowest BCUT2D eigenvalue weighted by Gasteiger charge is -2.23. The number of methoxy groups -OCH3 is 4. The van der Waals surface area contributed by atoms with Crippen LogP contribution in [0.1, 0.15) is 30.4 Å². The summed E-state index contributed by atoms with van der Waals surface area (Å²) < 4.78 is 22.0. The van der Waals surface area contributed by atoms with Crippen molar-refractivity contribution in [3.8, 4) is 23.0 Å². The van der Waals surface area contributed by atoms with E-state index >= 15 is 0 Å². The third-order valence-electron chi connectivity index (χ3n) is 6.72. The number of hydrogen-bond acceptors (Lipinski definition) is 6. The van der Waals surface area contributed by atoms with Gasteiger partial charge in [-0.3, -0.25) is 0 Å². The monoisotopic (exact) mass is 550 g/mol. The molecule has 1 N–H and O–H groups in total. The highest BCUT2D eigenvalue weighted by Gasteiger charge is 2.27. The van der Waals surface area contributed by atoms with Crippen molar-refractivity contribution in [1.82, 2.24) is 0 Å². The van der Waals surface area contributed by atoms with Crippen LogP contribution in [0.25, 0.3) is 11.8 Å². The molecule has 1 fully saturated rings. The number of rotatable bonds is 6. The largest absolute Gasteiger partial charge is 0.493 e. The van der Waals surface area contributed by atoms with Crippen molar-refractivity contribution in [2.45, 2.75) is 19.3 Å². The number of nitrogens with zero attached hydrogens (tertiary/aromatic N) is 1. The van der Waals surface area contributed by atoms with Crippen molar-refractivity contribution in [2.75, 3.05) is 33.8 Å². The van der Waals surface area contributed by atoms with Crippen LogP contribution in [0.15, 0.2) is 64.7 Å². The van der Waals surface area contributed by atoms with E-state index < -0.39 is 0 Å². The zero-order chi connectivity index (χ0) is 26.8. The van der Waals surface area contributed by atoms with Gasteiger partial charge in [0.2, 0.25) is 0 Å². The van der Waals surface area contributed by atoms with Crippen molar-refractivity contribution < 1.29 is 18.9 Å². The molecule has 196 valence electrons. The Kier molecular flexibility index (Phi) is 7.54. The van der Waals surface area contributed by atoms with Crippen molar-refractivity contribution in [2.24, 2.45) is 4.99 Å². The lowest BCUT2D eigenvalue weighted by molar-refractivity contribution is 0.355. The smallest absolute Gasteiger partial charge is 0.161 e. The van der Waals surface area contributed by atoms with E-state index in [-0.39, 0.29) is 0 Å². The second-order valence-electron chi connectivity index (χ2n) is 8.93. The summed E-state index contributed by atoms with van der Waals surface area (Å²) in [6.07, 6.45) is 4.87. The number of fused-ring (bicyclic) bond motifs is 2. The maximum absolute atomic E-state index is 6.42. The van der Waals surface area contributed by atoms with E-state index in [1.165, 1.54) is 0 Å². The topological polar surface area (TPSA) is 61.3 Å². The van der Waals surface area contributed by atoms with E-state index in [9.17, 15) is 0 Å². The highest BCUT2D eigenvalue weighted by Crippen LogP contribution is 2.44. The van der Waals surface area contributed by atoms with Gasteiger partial charge >= 0.3 is 0 Å². The molecule has 2 aliphatic rings. The van der Waals surface area contributed by atoms with Gasteiger partial charge in [0.1, 0.15) is 0 Å². The maximum Gasteiger partial charge on any atom is 0.161 e. The first-order chi connectivity index (χ1) is 18.4. The second kappa shape index (κ2) is 11.0. The van der Waals surface area contributed by atoms with Gasteiger partial charge in [0.05, 0.1) is 61.3 Å². The Hall–Kier alpha value is -3.61. The molecule has 1 heterocycles. The average Bonchev–Trinajstić information content (AvgIpc) is 3.10. The van der Waals surface area contributed by atoms with Crippen molar-refractivity contribution in [3.05, 3.63) is 80.8 Å². The summed E-state index contributed by atoms with van der Waals surface area (Å²) in [5, 5.41) is 4.52. The lowest BCUT2D eigenvalue weighted by atomic mass is 9.84. The van der Waals surface area contributed by atoms with Gasteiger partial charge in [-0.1, -0.05) is 29.3 Å². The van der Waals surface area contributed by atoms with E-state index in [2.05, 4.69) is 11.4 Å². The minimum Gasteiger partial charge on any atom is -0.493 e. The molecule has 0 saturated heterocycles. The summed E-state index contributed by atoms with van der Waals surface area (Å²) in [6, 6.07) is 15.4. The molecule has 5 rings (SSSR count). The van der Waals surface area contributed by atoms with Crippen molar-refractivity contribution >= 4 is 52.1 Å². The Labute approximate surface area is 232 Å². The highest BCUT2D eigenvalue weighted by molar-refractivity contribution is 6.42. The summed E-state index contributed by atoms with van der Waals surface area (Å²) in [5.74, 6) is 2.67. The summed E-state index contributed by atoms with van der Waals surface area (Å²) in [4.78, 5) is 5.14. The zero-order valence-corrected chi connectivity index (χ0v) is 23.2. The number of benzene rings is 3. The Balaban J connectivity index is 1.71. The Morgan fingerprint density at radius 3 is 2.13 bits per heavy atom. The molecule has 8 heteroatoms. The third kappa shape index (κ3) is 4.94. The van der Waals surface area contributed by atoms with E-state index in [1.807, 2.05) is 42.5 Å². The van der Waals surface area contributed by atoms with E-state index in [0.717, 1.165) is 64.3 Å². The van der Waals surface area contributed by atoms with Crippen LogP contribution in [0.4, 0.5) is 11.4 Å². The molecule has 6 nitrogen and oxygen atoms in total. The van der Waals surface area contributed by atoms with Gasteiger partial charge in [0.25, 0.3) is 0 Å². The molecular weight excluding hydrogens is 523 g/mol. The van der Waals surface area contributed by atoms with E-state index in [0.29, 0.717) is 33.0 Å². The first-order valence-corrected chi connectivity index (χ1v) is 12.9. The molecule has 0 bridgehead atoms. The molecule has 38 heavy (non-hydrogen) atoms. The zero-order valence-electron chi connectivity index (χ0n) is 21.7. The Morgan fingerprint density at radius 1 is 0.763 bits per heavy atom. The molecular formula is C30H28Cl2N2O4. The molecule has 3 aromatic carbocycles. The molecule has 0 unspecified atom stereocenters. The predicted octanol–water partition coefficient (Wildman–Crippen LogP) is 8.20. The minimum atomic E-state index is 0.453. The number of halogens is 2. The van der Waals surface area contributed by atoms with Crippen LogP contribution in [0, 0.1) is 0 Å². The predicted molar refractivity (Wildman–Crippen MR) is 155 cm³/mol. The first-order valence-electron chi connectivity index (χ1n) is 12.2. The number of anilines is 1. The fourth-order valence-corrected chi connectivity index (χ4v) is 5.17. The molecule has 0 aromatic heterocycles. The summed E-state index contributed by atoms with van der Waals surface area (Å²) in [6.45, 7) is 0. The van der Waals surface area contributed by atoms with Gasteiger partial charge in [-0.15, -0.1) is 0 Å². The number of hydrogen-bond donors (Lipinski definition) is 1. The molecule has 1 saturated carbocycles. The first kappa shape index (κ1) is 26.0. The van der Waals surface area contributed by atoms with Gasteiger partial charge in [0, 0.05) is 11.1 Å². The number of ether oxygens (including phenoxy) is 4. The number of aliphatic imine (C=N–C) groups is 1. The molecule has 3 aromatic rings. The quantitative estimate of drug-likeness (QED) is 0.335. The van der Waals surface area contributed by atoms with Crippen LogP contribution in [0.2, 0.25) is 10.0 Å². The Bertz CT molecular complexity index is 1490. The summed E-state index contributed by atoms with van der Waals surface area (Å²) >= 11 is 12.8. The van der Waals surface area contributed by atoms with E-state index in [4.69, 9.17) is 47.1 Å². The van der Waals surface area contributed by atoms with Crippen LogP contribution < -0.4 is 24.3 Å². The normalized spacial score (nSPS) is 15.6. The highest BCUT2D eigenvalue weighted by atomic mass is 35.5. The molecule has 1 aliphatic heterocycles. The van der Waals surface area contributed by atoms with Crippen LogP contribution in [-0.4, -0.2) is 34.2 Å². The number of nitrogens with one attached hydrogen (secondary N) is 1. The average molecular weight is 551 g/mol. The molecule has 1 aliphatic carbocycles. The fraction of sp³-hybridized carbons (Fsp3) is 0.233. The van der Waals surface area contributed by atoms with E-state index in [1.54, 1.807) is 34.5 Å². The van der Waals surface area contributed by atoms with Crippen LogP contribution in [-0.2, 0) is 0 Å². The van der Waals surface area contributed by atoms with Gasteiger partial charge in [-0.05, 0) is 78.9 Å². The number of allylic oxidation sites excluding steroid dienone is 2. The Morgan fingerprint density at radius 2 is 1.42 bits per heavy atom. The van der Waals surface area contributed by atoms with Crippen molar-refractivity contribution in [3.63, 3.8) is 0 Å². The van der Waals surface area contributed by atoms with Crippen LogP contribution >= 0.6 is 23.2 Å². The van der Waals surface area contributed by atoms with Gasteiger partial charge < -0.3 is 24.3 Å².